The van der Waals surface area contributed by atoms with Gasteiger partial charge in [0.15, 0.2) is 0 Å². The standard InChI is InChI=1S/C22H24FN3O2/c23-19-8-4-5-9-20(19)25-12-10-24(11-13-25)16-26-21(27)15-18(22(26)28)14-17-6-2-1-3-7-17/h1-9,18H,10-16H2. The summed E-state index contributed by atoms with van der Waals surface area (Å²) in [6.45, 7) is 3.05. The zero-order chi connectivity index (χ0) is 19.5. The summed E-state index contributed by atoms with van der Waals surface area (Å²) in [7, 11) is 0. The number of carbonyl (C=O) groups is 2. The average molecular weight is 381 g/mol. The number of para-hydroxylation sites is 1. The second-order valence-corrected chi connectivity index (χ2v) is 7.45. The Morgan fingerprint density at radius 2 is 1.57 bits per heavy atom. The van der Waals surface area contributed by atoms with Crippen LogP contribution in [0.25, 0.3) is 0 Å². The monoisotopic (exact) mass is 381 g/mol. The van der Waals surface area contributed by atoms with E-state index in [2.05, 4.69) is 4.90 Å². The number of imide groups is 1. The molecule has 0 saturated carbocycles. The molecule has 2 aliphatic heterocycles. The number of anilines is 1. The molecular formula is C22H24FN3O2. The molecule has 2 aliphatic rings. The Balaban J connectivity index is 1.33. The molecule has 6 heteroatoms. The van der Waals surface area contributed by atoms with Crippen molar-refractivity contribution < 1.29 is 14.0 Å². The maximum atomic E-state index is 14.0. The van der Waals surface area contributed by atoms with E-state index >= 15 is 0 Å². The summed E-state index contributed by atoms with van der Waals surface area (Å²) in [6, 6.07) is 16.6. The van der Waals surface area contributed by atoms with Gasteiger partial charge in [0.1, 0.15) is 5.82 Å². The highest BCUT2D eigenvalue weighted by Crippen LogP contribution is 2.25. The predicted octanol–water partition coefficient (Wildman–Crippen LogP) is 2.52. The molecule has 0 spiro atoms. The molecule has 2 fully saturated rings. The molecule has 4 rings (SSSR count). The van der Waals surface area contributed by atoms with Crippen molar-refractivity contribution in [3.8, 4) is 0 Å². The highest BCUT2D eigenvalue weighted by atomic mass is 19.1. The third kappa shape index (κ3) is 3.92. The minimum absolute atomic E-state index is 0.0783. The smallest absolute Gasteiger partial charge is 0.234 e. The lowest BCUT2D eigenvalue weighted by Crippen LogP contribution is -2.51. The number of amides is 2. The van der Waals surface area contributed by atoms with Crippen LogP contribution in [-0.4, -0.2) is 54.5 Å². The van der Waals surface area contributed by atoms with E-state index in [1.54, 1.807) is 12.1 Å². The van der Waals surface area contributed by atoms with Crippen molar-refractivity contribution in [1.82, 2.24) is 9.80 Å². The molecule has 2 heterocycles. The van der Waals surface area contributed by atoms with Gasteiger partial charge < -0.3 is 4.90 Å². The highest BCUT2D eigenvalue weighted by Gasteiger charge is 2.39. The number of hydrogen-bond donors (Lipinski definition) is 0. The van der Waals surface area contributed by atoms with E-state index in [1.807, 2.05) is 41.3 Å². The molecule has 0 N–H and O–H groups in total. The molecule has 146 valence electrons. The normalized spacial score (nSPS) is 20.8. The largest absolute Gasteiger partial charge is 0.367 e. The molecule has 1 atom stereocenters. The van der Waals surface area contributed by atoms with E-state index in [0.29, 0.717) is 45.0 Å². The molecule has 2 amide bonds. The zero-order valence-electron chi connectivity index (χ0n) is 15.8. The van der Waals surface area contributed by atoms with Crippen LogP contribution in [0.1, 0.15) is 12.0 Å². The Kier molecular flexibility index (Phi) is 5.39. The average Bonchev–Trinajstić information content (AvgIpc) is 2.97. The highest BCUT2D eigenvalue weighted by molar-refractivity contribution is 6.03. The summed E-state index contributed by atoms with van der Waals surface area (Å²) in [6.07, 6.45) is 0.881. The summed E-state index contributed by atoms with van der Waals surface area (Å²) in [4.78, 5) is 30.7. The van der Waals surface area contributed by atoms with Gasteiger partial charge in [0.2, 0.25) is 11.8 Å². The van der Waals surface area contributed by atoms with Crippen LogP contribution >= 0.6 is 0 Å². The van der Waals surface area contributed by atoms with Gasteiger partial charge in [-0.25, -0.2) is 4.39 Å². The molecule has 2 saturated heterocycles. The van der Waals surface area contributed by atoms with Gasteiger partial charge in [-0.15, -0.1) is 0 Å². The fourth-order valence-electron chi connectivity index (χ4n) is 4.00. The zero-order valence-corrected chi connectivity index (χ0v) is 15.8. The van der Waals surface area contributed by atoms with E-state index < -0.39 is 0 Å². The van der Waals surface area contributed by atoms with Crippen molar-refractivity contribution >= 4 is 17.5 Å². The quantitative estimate of drug-likeness (QED) is 0.747. The second-order valence-electron chi connectivity index (χ2n) is 7.45. The number of hydrogen-bond acceptors (Lipinski definition) is 4. The van der Waals surface area contributed by atoms with Gasteiger partial charge in [0.05, 0.1) is 18.3 Å². The van der Waals surface area contributed by atoms with Crippen molar-refractivity contribution in [1.29, 1.82) is 0 Å². The van der Waals surface area contributed by atoms with E-state index in [4.69, 9.17) is 0 Å². The van der Waals surface area contributed by atoms with Gasteiger partial charge >= 0.3 is 0 Å². The number of likely N-dealkylation sites (tertiary alicyclic amines) is 1. The van der Waals surface area contributed by atoms with Gasteiger partial charge in [0, 0.05) is 32.6 Å². The Labute approximate surface area is 164 Å². The Morgan fingerprint density at radius 3 is 2.29 bits per heavy atom. The molecule has 0 bridgehead atoms. The Hall–Kier alpha value is -2.73. The summed E-state index contributed by atoms with van der Waals surface area (Å²) < 4.78 is 14.0. The van der Waals surface area contributed by atoms with Gasteiger partial charge in [-0.05, 0) is 24.1 Å². The molecule has 2 aromatic rings. The fraction of sp³-hybridized carbons (Fsp3) is 0.364. The van der Waals surface area contributed by atoms with Crippen molar-refractivity contribution in [3.05, 3.63) is 66.0 Å². The van der Waals surface area contributed by atoms with E-state index in [-0.39, 0.29) is 30.0 Å². The van der Waals surface area contributed by atoms with Gasteiger partial charge in [-0.3, -0.25) is 19.4 Å². The summed E-state index contributed by atoms with van der Waals surface area (Å²) in [5.41, 5.74) is 1.69. The first-order valence-electron chi connectivity index (χ1n) is 9.72. The van der Waals surface area contributed by atoms with E-state index in [9.17, 15) is 14.0 Å². The molecular weight excluding hydrogens is 357 g/mol. The maximum Gasteiger partial charge on any atom is 0.234 e. The first-order valence-corrected chi connectivity index (χ1v) is 9.72. The number of halogens is 1. The Morgan fingerprint density at radius 1 is 0.893 bits per heavy atom. The molecule has 2 aromatic carbocycles. The first-order chi connectivity index (χ1) is 13.6. The summed E-state index contributed by atoms with van der Waals surface area (Å²) in [5.74, 6) is -0.660. The Bertz CT molecular complexity index is 850. The molecule has 0 aromatic heterocycles. The number of carbonyl (C=O) groups excluding carboxylic acids is 2. The predicted molar refractivity (Wildman–Crippen MR) is 105 cm³/mol. The van der Waals surface area contributed by atoms with Crippen molar-refractivity contribution in [2.24, 2.45) is 5.92 Å². The van der Waals surface area contributed by atoms with E-state index in [0.717, 1.165) is 5.56 Å². The lowest BCUT2D eigenvalue weighted by Gasteiger charge is -2.37. The van der Waals surface area contributed by atoms with Crippen LogP contribution in [0.2, 0.25) is 0 Å². The summed E-state index contributed by atoms with van der Waals surface area (Å²) in [5, 5.41) is 0. The van der Waals surface area contributed by atoms with Crippen LogP contribution in [0.4, 0.5) is 10.1 Å². The molecule has 0 aliphatic carbocycles. The van der Waals surface area contributed by atoms with Crippen LogP contribution in [0.3, 0.4) is 0 Å². The van der Waals surface area contributed by atoms with Crippen molar-refractivity contribution in [2.45, 2.75) is 12.8 Å². The first kappa shape index (κ1) is 18.6. The van der Waals surface area contributed by atoms with Gasteiger partial charge in [-0.2, -0.15) is 0 Å². The maximum absolute atomic E-state index is 14.0. The van der Waals surface area contributed by atoms with Crippen LogP contribution < -0.4 is 4.90 Å². The minimum Gasteiger partial charge on any atom is -0.367 e. The second kappa shape index (κ2) is 8.10. The lowest BCUT2D eigenvalue weighted by atomic mass is 9.98. The molecule has 1 unspecified atom stereocenters. The van der Waals surface area contributed by atoms with Gasteiger partial charge in [-0.1, -0.05) is 42.5 Å². The molecule has 28 heavy (non-hydrogen) atoms. The van der Waals surface area contributed by atoms with Crippen LogP contribution in [-0.2, 0) is 16.0 Å². The third-order valence-electron chi connectivity index (χ3n) is 5.57. The molecule has 0 radical (unpaired) electrons. The van der Waals surface area contributed by atoms with Crippen LogP contribution in [0.5, 0.6) is 0 Å². The summed E-state index contributed by atoms with van der Waals surface area (Å²) >= 11 is 0. The van der Waals surface area contributed by atoms with Crippen molar-refractivity contribution in [2.75, 3.05) is 37.7 Å². The fourth-order valence-corrected chi connectivity index (χ4v) is 4.00. The van der Waals surface area contributed by atoms with Crippen molar-refractivity contribution in [3.63, 3.8) is 0 Å². The third-order valence-corrected chi connectivity index (χ3v) is 5.57. The number of piperazine rings is 1. The topological polar surface area (TPSA) is 43.9 Å². The van der Waals surface area contributed by atoms with Gasteiger partial charge in [0.25, 0.3) is 0 Å². The number of nitrogens with zero attached hydrogens (tertiary/aromatic N) is 3. The van der Waals surface area contributed by atoms with E-state index in [1.165, 1.54) is 11.0 Å². The van der Waals surface area contributed by atoms with Crippen LogP contribution in [0.15, 0.2) is 54.6 Å². The number of rotatable bonds is 5. The number of benzene rings is 2. The lowest BCUT2D eigenvalue weighted by molar-refractivity contribution is -0.141. The molecule has 5 nitrogen and oxygen atoms in total. The van der Waals surface area contributed by atoms with Crippen LogP contribution in [0, 0.1) is 11.7 Å². The minimum atomic E-state index is -0.269. The SMILES string of the molecule is O=C1CC(Cc2ccccc2)C(=O)N1CN1CCN(c2ccccc2F)CC1.